The lowest BCUT2D eigenvalue weighted by molar-refractivity contribution is -0.929. The number of benzene rings is 2. The van der Waals surface area contributed by atoms with Crippen LogP contribution in [0.15, 0.2) is 42.5 Å². The maximum absolute atomic E-state index is 13.7. The van der Waals surface area contributed by atoms with Crippen LogP contribution >= 0.6 is 11.6 Å². The fourth-order valence-corrected chi connectivity index (χ4v) is 3.95. The molecule has 162 valence electrons. The normalized spacial score (nSPS) is 15.4. The Morgan fingerprint density at radius 1 is 1.17 bits per heavy atom. The zero-order valence-corrected chi connectivity index (χ0v) is 17.7. The molecule has 1 fully saturated rings. The Bertz CT molecular complexity index is 884. The molecule has 1 aliphatic heterocycles. The van der Waals surface area contributed by atoms with Crippen LogP contribution in [0.25, 0.3) is 0 Å². The molecule has 0 radical (unpaired) electrons. The highest BCUT2D eigenvalue weighted by Crippen LogP contribution is 2.26. The number of amides is 1. The third-order valence-electron chi connectivity index (χ3n) is 5.56. The van der Waals surface area contributed by atoms with E-state index < -0.39 is 18.3 Å². The first-order valence-electron chi connectivity index (χ1n) is 9.75. The van der Waals surface area contributed by atoms with Crippen molar-refractivity contribution in [2.24, 2.45) is 0 Å². The molecule has 3 rings (SSSR count). The third-order valence-corrected chi connectivity index (χ3v) is 5.87. The smallest absolute Gasteiger partial charge is 0.321 e. The second-order valence-corrected chi connectivity index (χ2v) is 8.44. The van der Waals surface area contributed by atoms with Crippen molar-refractivity contribution in [3.05, 3.63) is 64.4 Å². The average Bonchev–Trinajstić information content (AvgIpc) is 2.71. The van der Waals surface area contributed by atoms with Gasteiger partial charge in [0.05, 0.1) is 38.4 Å². The molecule has 1 amide bonds. The van der Waals surface area contributed by atoms with Gasteiger partial charge in [-0.2, -0.15) is 8.78 Å². The van der Waals surface area contributed by atoms with Crippen LogP contribution in [0.1, 0.15) is 28.8 Å². The molecule has 0 atom stereocenters. The summed E-state index contributed by atoms with van der Waals surface area (Å²) in [6.07, 6.45) is 1.97. The topological polar surface area (TPSA) is 29.5 Å². The van der Waals surface area contributed by atoms with Gasteiger partial charge in [-0.05, 0) is 30.3 Å². The number of rotatable bonds is 6. The summed E-state index contributed by atoms with van der Waals surface area (Å²) >= 11 is 5.61. The van der Waals surface area contributed by atoms with Gasteiger partial charge in [-0.15, -0.1) is 0 Å². The van der Waals surface area contributed by atoms with Gasteiger partial charge in [0.1, 0.15) is 12.4 Å². The predicted molar refractivity (Wildman–Crippen MR) is 110 cm³/mol. The SMILES string of the molecule is C[N+](C)(Cc1ccc(N(C(=O)c2ccc(Cl)c(F)c2)C(F)F)cc1)C1CCOCC1. The molecular weight excluding hydrogens is 417 g/mol. The Hall–Kier alpha value is -2.09. The molecule has 0 spiro atoms. The number of alkyl halides is 2. The average molecular weight is 442 g/mol. The summed E-state index contributed by atoms with van der Waals surface area (Å²) in [4.78, 5) is 12.9. The zero-order chi connectivity index (χ0) is 21.9. The number of carbonyl (C=O) groups excluding carboxylic acids is 1. The lowest BCUT2D eigenvalue weighted by Gasteiger charge is -2.40. The van der Waals surface area contributed by atoms with Crippen molar-refractivity contribution in [3.63, 3.8) is 0 Å². The van der Waals surface area contributed by atoms with Crippen molar-refractivity contribution in [1.29, 1.82) is 0 Å². The largest absolute Gasteiger partial charge is 0.381 e. The van der Waals surface area contributed by atoms with Crippen LogP contribution in [0.5, 0.6) is 0 Å². The first-order valence-corrected chi connectivity index (χ1v) is 10.1. The van der Waals surface area contributed by atoms with Crippen LogP contribution in [0.3, 0.4) is 0 Å². The minimum absolute atomic E-state index is 0.0467. The fraction of sp³-hybridized carbons (Fsp3) is 0.409. The predicted octanol–water partition coefficient (Wildman–Crippen LogP) is 5.10. The molecule has 1 saturated heterocycles. The van der Waals surface area contributed by atoms with Gasteiger partial charge in [-0.25, -0.2) is 4.39 Å². The molecule has 0 aromatic heterocycles. The Kier molecular flexibility index (Phi) is 7.06. The van der Waals surface area contributed by atoms with E-state index in [1.165, 1.54) is 24.3 Å². The lowest BCUT2D eigenvalue weighted by Crippen LogP contribution is -2.50. The summed E-state index contributed by atoms with van der Waals surface area (Å²) in [6.45, 7) is -0.836. The summed E-state index contributed by atoms with van der Waals surface area (Å²) in [7, 11) is 4.29. The molecule has 0 saturated carbocycles. The molecule has 0 N–H and O–H groups in total. The molecule has 1 heterocycles. The summed E-state index contributed by atoms with van der Waals surface area (Å²) in [5, 5.41) is -0.176. The van der Waals surface area contributed by atoms with E-state index in [-0.39, 0.29) is 16.3 Å². The van der Waals surface area contributed by atoms with Gasteiger partial charge in [0.2, 0.25) is 0 Å². The molecular formula is C22H25ClF3N2O2+. The molecule has 0 bridgehead atoms. The van der Waals surface area contributed by atoms with E-state index in [0.29, 0.717) is 10.9 Å². The Morgan fingerprint density at radius 2 is 1.80 bits per heavy atom. The number of hydrogen-bond donors (Lipinski definition) is 0. The van der Waals surface area contributed by atoms with E-state index in [4.69, 9.17) is 16.3 Å². The van der Waals surface area contributed by atoms with Crippen LogP contribution in [0, 0.1) is 5.82 Å². The van der Waals surface area contributed by atoms with Crippen LogP contribution in [-0.4, -0.2) is 50.3 Å². The second kappa shape index (κ2) is 9.37. The number of anilines is 1. The van der Waals surface area contributed by atoms with Crippen molar-refractivity contribution in [2.75, 3.05) is 32.2 Å². The number of carbonyl (C=O) groups is 1. The van der Waals surface area contributed by atoms with Crippen LogP contribution in [-0.2, 0) is 11.3 Å². The maximum Gasteiger partial charge on any atom is 0.321 e. The van der Waals surface area contributed by atoms with Gasteiger partial charge in [-0.1, -0.05) is 23.7 Å². The quantitative estimate of drug-likeness (QED) is 0.461. The fourth-order valence-electron chi connectivity index (χ4n) is 3.83. The highest BCUT2D eigenvalue weighted by Gasteiger charge is 2.31. The van der Waals surface area contributed by atoms with Gasteiger partial charge < -0.3 is 9.22 Å². The Balaban J connectivity index is 1.78. The van der Waals surface area contributed by atoms with E-state index >= 15 is 0 Å². The van der Waals surface area contributed by atoms with Crippen molar-refractivity contribution < 1.29 is 27.2 Å². The van der Waals surface area contributed by atoms with E-state index in [1.807, 2.05) is 0 Å². The summed E-state index contributed by atoms with van der Waals surface area (Å²) in [5.41, 5.74) is 0.832. The first kappa shape index (κ1) is 22.6. The molecule has 2 aromatic carbocycles. The number of quaternary nitrogens is 1. The van der Waals surface area contributed by atoms with Crippen molar-refractivity contribution in [2.45, 2.75) is 32.0 Å². The molecule has 4 nitrogen and oxygen atoms in total. The molecule has 8 heteroatoms. The van der Waals surface area contributed by atoms with Gasteiger partial charge in [0.25, 0.3) is 5.91 Å². The molecule has 0 unspecified atom stereocenters. The molecule has 0 aliphatic carbocycles. The maximum atomic E-state index is 13.7. The van der Waals surface area contributed by atoms with E-state index in [0.717, 1.165) is 48.7 Å². The Labute approximate surface area is 179 Å². The minimum atomic E-state index is -3.07. The summed E-state index contributed by atoms with van der Waals surface area (Å²) in [5.74, 6) is -1.83. The van der Waals surface area contributed by atoms with Gasteiger partial charge in [0.15, 0.2) is 0 Å². The second-order valence-electron chi connectivity index (χ2n) is 8.03. The molecule has 2 aromatic rings. The lowest BCUT2D eigenvalue weighted by atomic mass is 10.0. The molecule has 30 heavy (non-hydrogen) atoms. The number of ether oxygens (including phenoxy) is 1. The highest BCUT2D eigenvalue weighted by atomic mass is 35.5. The zero-order valence-electron chi connectivity index (χ0n) is 17.0. The first-order chi connectivity index (χ1) is 14.2. The number of halogens is 4. The monoisotopic (exact) mass is 441 g/mol. The van der Waals surface area contributed by atoms with Gasteiger partial charge in [-0.3, -0.25) is 9.69 Å². The summed E-state index contributed by atoms with van der Waals surface area (Å²) in [6, 6.07) is 10.2. The van der Waals surface area contributed by atoms with Crippen molar-refractivity contribution >= 4 is 23.2 Å². The third kappa shape index (κ3) is 5.14. The summed E-state index contributed by atoms with van der Waals surface area (Å²) < 4.78 is 47.2. The molecule has 1 aliphatic rings. The van der Waals surface area contributed by atoms with E-state index in [1.54, 1.807) is 12.1 Å². The number of hydrogen-bond acceptors (Lipinski definition) is 2. The van der Waals surface area contributed by atoms with E-state index in [9.17, 15) is 18.0 Å². The minimum Gasteiger partial charge on any atom is -0.381 e. The van der Waals surface area contributed by atoms with Crippen LogP contribution in [0.2, 0.25) is 5.02 Å². The van der Waals surface area contributed by atoms with Crippen LogP contribution in [0.4, 0.5) is 18.9 Å². The number of nitrogens with zero attached hydrogens (tertiary/aromatic N) is 2. The van der Waals surface area contributed by atoms with Gasteiger partial charge >= 0.3 is 6.55 Å². The highest BCUT2D eigenvalue weighted by molar-refractivity contribution is 6.30. The van der Waals surface area contributed by atoms with Crippen LogP contribution < -0.4 is 4.90 Å². The standard InChI is InChI=1S/C22H25ClF3N2O2/c1-28(2,18-9-11-30-12-10-18)14-15-3-6-17(7-4-15)27(22(25)26)21(29)16-5-8-19(23)20(24)13-16/h3-8,13,18,22H,9-12,14H2,1-2H3/q+1. The van der Waals surface area contributed by atoms with Crippen molar-refractivity contribution in [1.82, 2.24) is 0 Å². The van der Waals surface area contributed by atoms with Gasteiger partial charge in [0, 0.05) is 29.7 Å². The van der Waals surface area contributed by atoms with Crippen molar-refractivity contribution in [3.8, 4) is 0 Å². The van der Waals surface area contributed by atoms with E-state index in [2.05, 4.69) is 14.1 Å². The Morgan fingerprint density at radius 3 is 2.37 bits per heavy atom.